The van der Waals surface area contributed by atoms with Crippen LogP contribution in [-0.2, 0) is 14.9 Å². The van der Waals surface area contributed by atoms with Crippen molar-refractivity contribution in [2.24, 2.45) is 0 Å². The van der Waals surface area contributed by atoms with E-state index in [1.807, 2.05) is 52.0 Å². The van der Waals surface area contributed by atoms with Crippen LogP contribution < -0.4 is 14.8 Å². The minimum Gasteiger partial charge on any atom is -0.453 e. The summed E-state index contributed by atoms with van der Waals surface area (Å²) in [5.74, 6) is 0.902. The second-order valence-electron chi connectivity index (χ2n) is 8.09. The van der Waals surface area contributed by atoms with Gasteiger partial charge in [0.2, 0.25) is 0 Å². The van der Waals surface area contributed by atoms with E-state index in [4.69, 9.17) is 14.0 Å². The quantitative estimate of drug-likeness (QED) is 0.344. The molecule has 0 fully saturated rings. The molecule has 9 heteroatoms. The van der Waals surface area contributed by atoms with Crippen molar-refractivity contribution in [3.05, 3.63) is 53.6 Å². The van der Waals surface area contributed by atoms with E-state index in [1.165, 1.54) is 6.92 Å². The van der Waals surface area contributed by atoms with Crippen LogP contribution in [0.3, 0.4) is 0 Å². The van der Waals surface area contributed by atoms with Gasteiger partial charge in [-0.25, -0.2) is 0 Å². The van der Waals surface area contributed by atoms with E-state index >= 15 is 0 Å². The number of β-amino-alcohol motifs (C(OH)–C–C–N with tert-alkyl or cyclic N) is 1. The molecule has 2 rings (SSSR count). The summed E-state index contributed by atoms with van der Waals surface area (Å²) in [6.45, 7) is 9.85. The SMILES string of the molecule is CC(=O)Oc1ccc(C(O)CNC(C)(C)C)cc1Oc1ccc(C)cc1.CS(=O)(=O)O. The molecule has 0 aliphatic rings. The largest absolute Gasteiger partial charge is 0.453 e. The minimum atomic E-state index is -3.67. The van der Waals surface area contributed by atoms with Crippen LogP contribution in [0.5, 0.6) is 17.2 Å². The topological polar surface area (TPSA) is 122 Å². The molecule has 0 spiro atoms. The molecule has 1 atom stereocenters. The van der Waals surface area contributed by atoms with Crippen LogP contribution in [0.1, 0.15) is 44.9 Å². The summed E-state index contributed by atoms with van der Waals surface area (Å²) in [4.78, 5) is 11.4. The maximum atomic E-state index is 11.4. The number of ether oxygens (including phenoxy) is 2. The van der Waals surface area contributed by atoms with Gasteiger partial charge < -0.3 is 19.9 Å². The second-order valence-corrected chi connectivity index (χ2v) is 9.56. The van der Waals surface area contributed by atoms with Gasteiger partial charge in [-0.1, -0.05) is 23.8 Å². The van der Waals surface area contributed by atoms with Crippen molar-refractivity contribution in [3.63, 3.8) is 0 Å². The number of carbonyl (C=O) groups is 1. The Balaban J connectivity index is 0.000000861. The van der Waals surface area contributed by atoms with E-state index in [9.17, 15) is 18.3 Å². The van der Waals surface area contributed by atoms with Gasteiger partial charge in [-0.3, -0.25) is 9.35 Å². The summed E-state index contributed by atoms with van der Waals surface area (Å²) in [6, 6.07) is 12.6. The molecule has 31 heavy (non-hydrogen) atoms. The highest BCUT2D eigenvalue weighted by Gasteiger charge is 2.17. The first-order valence-electron chi connectivity index (χ1n) is 9.56. The zero-order chi connectivity index (χ0) is 23.8. The highest BCUT2D eigenvalue weighted by atomic mass is 32.2. The van der Waals surface area contributed by atoms with Crippen LogP contribution in [0.15, 0.2) is 42.5 Å². The molecular formula is C22H31NO7S. The molecule has 2 aromatic rings. The van der Waals surface area contributed by atoms with Gasteiger partial charge >= 0.3 is 5.97 Å². The molecule has 3 N–H and O–H groups in total. The molecule has 0 saturated carbocycles. The lowest BCUT2D eigenvalue weighted by Gasteiger charge is -2.23. The fraction of sp³-hybridized carbons (Fsp3) is 0.409. The summed E-state index contributed by atoms with van der Waals surface area (Å²) in [5, 5.41) is 13.7. The van der Waals surface area contributed by atoms with Gasteiger partial charge in [0, 0.05) is 19.0 Å². The maximum Gasteiger partial charge on any atom is 0.308 e. The Kier molecular flexibility index (Phi) is 9.64. The Labute approximate surface area is 184 Å². The van der Waals surface area contributed by atoms with Crippen LogP contribution in [0.25, 0.3) is 0 Å². The number of hydrogen-bond acceptors (Lipinski definition) is 7. The molecule has 0 heterocycles. The van der Waals surface area contributed by atoms with Gasteiger partial charge in [0.25, 0.3) is 10.1 Å². The maximum absolute atomic E-state index is 11.4. The standard InChI is InChI=1S/C21H27NO4.CH4O3S/c1-14-6-9-17(10-7-14)26-20-12-16(8-11-19(20)25-15(2)23)18(24)13-22-21(3,4)5;1-5(2,3)4/h6-12,18,22,24H,13H2,1-5H3;1H3,(H,2,3,4). The monoisotopic (exact) mass is 453 g/mol. The normalized spacial score (nSPS) is 12.4. The van der Waals surface area contributed by atoms with E-state index in [0.717, 1.165) is 5.56 Å². The van der Waals surface area contributed by atoms with Crippen molar-refractivity contribution >= 4 is 16.1 Å². The lowest BCUT2D eigenvalue weighted by molar-refractivity contribution is -0.132. The first-order valence-corrected chi connectivity index (χ1v) is 11.4. The van der Waals surface area contributed by atoms with E-state index < -0.39 is 22.2 Å². The smallest absolute Gasteiger partial charge is 0.308 e. The third kappa shape index (κ3) is 12.1. The number of nitrogens with one attached hydrogen (secondary N) is 1. The molecule has 0 aliphatic carbocycles. The molecule has 0 aliphatic heterocycles. The lowest BCUT2D eigenvalue weighted by atomic mass is 10.1. The van der Waals surface area contributed by atoms with Gasteiger partial charge in [0.05, 0.1) is 12.4 Å². The molecule has 172 valence electrons. The highest BCUT2D eigenvalue weighted by molar-refractivity contribution is 7.85. The Morgan fingerprint density at radius 2 is 1.65 bits per heavy atom. The number of rotatable bonds is 6. The highest BCUT2D eigenvalue weighted by Crippen LogP contribution is 2.34. The first kappa shape index (κ1) is 26.6. The number of aliphatic hydroxyl groups is 1. The number of benzene rings is 2. The number of aliphatic hydroxyl groups excluding tert-OH is 1. The Morgan fingerprint density at radius 1 is 1.10 bits per heavy atom. The number of carbonyl (C=O) groups excluding carboxylic acids is 1. The van der Waals surface area contributed by atoms with Gasteiger partial charge in [-0.15, -0.1) is 0 Å². The van der Waals surface area contributed by atoms with Crippen molar-refractivity contribution in [1.29, 1.82) is 0 Å². The predicted octanol–water partition coefficient (Wildman–Crippen LogP) is 3.64. The van der Waals surface area contributed by atoms with E-state index in [2.05, 4.69) is 5.32 Å². The first-order chi connectivity index (χ1) is 14.1. The fourth-order valence-corrected chi connectivity index (χ4v) is 2.30. The molecule has 1 unspecified atom stereocenters. The lowest BCUT2D eigenvalue weighted by Crippen LogP contribution is -2.38. The minimum absolute atomic E-state index is 0.0973. The van der Waals surface area contributed by atoms with Gasteiger partial charge in [-0.05, 0) is 57.5 Å². The molecule has 0 amide bonds. The zero-order valence-electron chi connectivity index (χ0n) is 18.7. The fourth-order valence-electron chi connectivity index (χ4n) is 2.30. The van der Waals surface area contributed by atoms with Gasteiger partial charge in [-0.2, -0.15) is 8.42 Å². The summed E-state index contributed by atoms with van der Waals surface area (Å²) in [5.41, 5.74) is 1.70. The number of hydrogen-bond donors (Lipinski definition) is 3. The van der Waals surface area contributed by atoms with E-state index in [-0.39, 0.29) is 5.54 Å². The Morgan fingerprint density at radius 3 is 2.13 bits per heavy atom. The van der Waals surface area contributed by atoms with Gasteiger partial charge in [0.15, 0.2) is 11.5 Å². The molecular weight excluding hydrogens is 422 g/mol. The number of aryl methyl sites for hydroxylation is 1. The second kappa shape index (κ2) is 11.2. The van der Waals surface area contributed by atoms with Crippen LogP contribution in [0.4, 0.5) is 0 Å². The van der Waals surface area contributed by atoms with Crippen molar-refractivity contribution < 1.29 is 32.3 Å². The predicted molar refractivity (Wildman–Crippen MR) is 119 cm³/mol. The molecule has 0 aromatic heterocycles. The summed E-state index contributed by atoms with van der Waals surface area (Å²) in [7, 11) is -3.67. The van der Waals surface area contributed by atoms with Crippen LogP contribution >= 0.6 is 0 Å². The molecule has 2 aromatic carbocycles. The third-order valence-electron chi connectivity index (χ3n) is 3.68. The van der Waals surface area contributed by atoms with Gasteiger partial charge in [0.1, 0.15) is 5.75 Å². The average Bonchev–Trinajstić information content (AvgIpc) is 2.60. The summed E-state index contributed by atoms with van der Waals surface area (Å²) >= 11 is 0. The Bertz CT molecular complexity index is 956. The summed E-state index contributed by atoms with van der Waals surface area (Å²) in [6.07, 6.45) is 0.00784. The Hall–Kier alpha value is -2.46. The molecule has 8 nitrogen and oxygen atoms in total. The molecule has 0 radical (unpaired) electrons. The van der Waals surface area contributed by atoms with Crippen LogP contribution in [0, 0.1) is 6.92 Å². The molecule has 0 bridgehead atoms. The third-order valence-corrected chi connectivity index (χ3v) is 3.68. The van der Waals surface area contributed by atoms with Crippen LogP contribution in [0.2, 0.25) is 0 Å². The molecule has 0 saturated heterocycles. The van der Waals surface area contributed by atoms with Crippen LogP contribution in [-0.4, -0.2) is 42.4 Å². The average molecular weight is 454 g/mol. The van der Waals surface area contributed by atoms with Crippen molar-refractivity contribution in [2.45, 2.75) is 46.3 Å². The van der Waals surface area contributed by atoms with E-state index in [0.29, 0.717) is 35.6 Å². The number of esters is 1. The summed E-state index contributed by atoms with van der Waals surface area (Å²) < 4.78 is 37.0. The van der Waals surface area contributed by atoms with Crippen molar-refractivity contribution in [3.8, 4) is 17.2 Å². The van der Waals surface area contributed by atoms with Crippen molar-refractivity contribution in [1.82, 2.24) is 5.32 Å². The zero-order valence-corrected chi connectivity index (χ0v) is 19.5. The van der Waals surface area contributed by atoms with Crippen molar-refractivity contribution in [2.75, 3.05) is 12.8 Å². The van der Waals surface area contributed by atoms with E-state index in [1.54, 1.807) is 18.2 Å².